The van der Waals surface area contributed by atoms with E-state index in [4.69, 9.17) is 10.5 Å². The molecule has 6 heteroatoms. The van der Waals surface area contributed by atoms with Crippen LogP contribution in [0.15, 0.2) is 6.33 Å². The van der Waals surface area contributed by atoms with Crippen molar-refractivity contribution in [2.75, 3.05) is 12.3 Å². The molecule has 6 nitrogen and oxygen atoms in total. The second-order valence-corrected chi connectivity index (χ2v) is 3.70. The number of rotatable bonds is 5. The molecule has 0 aliphatic rings. The van der Waals surface area contributed by atoms with Gasteiger partial charge in [-0.15, -0.1) is 5.10 Å². The summed E-state index contributed by atoms with van der Waals surface area (Å²) in [6.45, 7) is 4.65. The first-order valence-corrected chi connectivity index (χ1v) is 4.88. The summed E-state index contributed by atoms with van der Waals surface area (Å²) in [7, 11) is 0. The number of carbonyl (C=O) groups is 1. The van der Waals surface area contributed by atoms with Crippen LogP contribution >= 0.6 is 0 Å². The number of hydrogen-bond acceptors (Lipinski definition) is 5. The normalized spacial score (nSPS) is 10.6. The molecule has 2 N–H and O–H groups in total. The van der Waals surface area contributed by atoms with Gasteiger partial charge >= 0.3 is 5.97 Å². The molecule has 0 atom stereocenters. The van der Waals surface area contributed by atoms with Crippen molar-refractivity contribution in [1.82, 2.24) is 14.8 Å². The molecule has 0 radical (unpaired) electrons. The van der Waals surface area contributed by atoms with Gasteiger partial charge in [-0.25, -0.2) is 9.67 Å². The predicted octanol–water partition coefficient (Wildman–Crippen LogP) is 0.450. The monoisotopic (exact) mass is 212 g/mol. The van der Waals surface area contributed by atoms with Crippen molar-refractivity contribution in [2.24, 2.45) is 5.92 Å². The Morgan fingerprint density at radius 1 is 1.67 bits per heavy atom. The Balaban J connectivity index is 2.24. The number of esters is 1. The molecule has 0 amide bonds. The highest BCUT2D eigenvalue weighted by atomic mass is 16.5. The molecule has 0 aliphatic carbocycles. The van der Waals surface area contributed by atoms with Crippen LogP contribution in [0.4, 0.5) is 5.95 Å². The number of nitrogen functional groups attached to an aromatic ring is 1. The first kappa shape index (κ1) is 11.5. The van der Waals surface area contributed by atoms with Gasteiger partial charge in [0.1, 0.15) is 12.9 Å². The van der Waals surface area contributed by atoms with E-state index in [1.165, 1.54) is 11.0 Å². The van der Waals surface area contributed by atoms with Crippen LogP contribution in [0, 0.1) is 5.92 Å². The summed E-state index contributed by atoms with van der Waals surface area (Å²) in [6, 6.07) is 0. The molecule has 1 aromatic heterocycles. The topological polar surface area (TPSA) is 83.0 Å². The SMILES string of the molecule is CC(C)CCOC(=O)Cn1cnc(N)n1. The van der Waals surface area contributed by atoms with Gasteiger partial charge in [-0.05, 0) is 12.3 Å². The van der Waals surface area contributed by atoms with E-state index >= 15 is 0 Å². The molecule has 1 heterocycles. The molecule has 0 spiro atoms. The highest BCUT2D eigenvalue weighted by molar-refractivity contribution is 5.68. The maximum atomic E-state index is 11.3. The van der Waals surface area contributed by atoms with Crippen molar-refractivity contribution >= 4 is 11.9 Å². The van der Waals surface area contributed by atoms with Crippen LogP contribution < -0.4 is 5.73 Å². The van der Waals surface area contributed by atoms with E-state index in [0.717, 1.165) is 6.42 Å². The third-order valence-corrected chi connectivity index (χ3v) is 1.80. The molecule has 0 fully saturated rings. The van der Waals surface area contributed by atoms with Gasteiger partial charge in [0.2, 0.25) is 5.95 Å². The summed E-state index contributed by atoms with van der Waals surface area (Å²) in [5, 5.41) is 3.78. The fraction of sp³-hybridized carbons (Fsp3) is 0.667. The van der Waals surface area contributed by atoms with E-state index < -0.39 is 0 Å². The quantitative estimate of drug-likeness (QED) is 0.716. The standard InChI is InChI=1S/C9H16N4O2/c1-7(2)3-4-15-8(14)5-13-6-11-9(10)12-13/h6-7H,3-5H2,1-2H3,(H2,10,12). The van der Waals surface area contributed by atoms with E-state index in [-0.39, 0.29) is 18.5 Å². The maximum absolute atomic E-state index is 11.3. The van der Waals surface area contributed by atoms with E-state index in [9.17, 15) is 4.79 Å². The van der Waals surface area contributed by atoms with Crippen LogP contribution in [-0.4, -0.2) is 27.3 Å². The second kappa shape index (κ2) is 5.33. The fourth-order valence-electron chi connectivity index (χ4n) is 0.972. The van der Waals surface area contributed by atoms with Gasteiger partial charge in [0.15, 0.2) is 0 Å². The number of carbonyl (C=O) groups excluding carboxylic acids is 1. The maximum Gasteiger partial charge on any atom is 0.327 e. The van der Waals surface area contributed by atoms with Crippen molar-refractivity contribution in [1.29, 1.82) is 0 Å². The molecule has 0 saturated heterocycles. The van der Waals surface area contributed by atoms with Crippen LogP contribution in [0.25, 0.3) is 0 Å². The lowest BCUT2D eigenvalue weighted by Gasteiger charge is -2.06. The minimum Gasteiger partial charge on any atom is -0.464 e. The summed E-state index contributed by atoms with van der Waals surface area (Å²) in [4.78, 5) is 15.0. The van der Waals surface area contributed by atoms with Crippen molar-refractivity contribution < 1.29 is 9.53 Å². The van der Waals surface area contributed by atoms with Crippen LogP contribution in [-0.2, 0) is 16.1 Å². The lowest BCUT2D eigenvalue weighted by atomic mass is 10.1. The van der Waals surface area contributed by atoms with Gasteiger partial charge in [-0.3, -0.25) is 4.79 Å². The molecule has 0 unspecified atom stereocenters. The molecule has 84 valence electrons. The van der Waals surface area contributed by atoms with Gasteiger partial charge < -0.3 is 10.5 Å². The Kier molecular flexibility index (Phi) is 4.08. The third-order valence-electron chi connectivity index (χ3n) is 1.80. The summed E-state index contributed by atoms with van der Waals surface area (Å²) in [5.41, 5.74) is 5.30. The van der Waals surface area contributed by atoms with Crippen molar-refractivity contribution in [3.63, 3.8) is 0 Å². The zero-order valence-corrected chi connectivity index (χ0v) is 9.01. The van der Waals surface area contributed by atoms with Crippen LogP contribution in [0.3, 0.4) is 0 Å². The van der Waals surface area contributed by atoms with Crippen molar-refractivity contribution in [3.8, 4) is 0 Å². The van der Waals surface area contributed by atoms with Crippen molar-refractivity contribution in [2.45, 2.75) is 26.8 Å². The Labute approximate surface area is 88.4 Å². The number of hydrogen-bond donors (Lipinski definition) is 1. The van der Waals surface area contributed by atoms with Gasteiger partial charge in [0.25, 0.3) is 0 Å². The second-order valence-electron chi connectivity index (χ2n) is 3.70. The van der Waals surface area contributed by atoms with E-state index in [1.807, 2.05) is 0 Å². The first-order chi connectivity index (χ1) is 7.08. The molecule has 0 saturated carbocycles. The number of anilines is 1. The molecule has 0 bridgehead atoms. The Morgan fingerprint density at radius 3 is 2.93 bits per heavy atom. The zero-order valence-electron chi connectivity index (χ0n) is 9.01. The summed E-state index contributed by atoms with van der Waals surface area (Å²) < 4.78 is 6.35. The third kappa shape index (κ3) is 4.44. The number of aromatic nitrogens is 3. The number of ether oxygens (including phenoxy) is 1. The Hall–Kier alpha value is -1.59. The van der Waals surface area contributed by atoms with Gasteiger partial charge in [0.05, 0.1) is 6.61 Å². The Morgan fingerprint density at radius 2 is 2.40 bits per heavy atom. The molecule has 0 aliphatic heterocycles. The molecular weight excluding hydrogens is 196 g/mol. The first-order valence-electron chi connectivity index (χ1n) is 4.88. The molecular formula is C9H16N4O2. The summed E-state index contributed by atoms with van der Waals surface area (Å²) in [5.74, 6) is 0.366. The molecule has 1 aromatic rings. The van der Waals surface area contributed by atoms with E-state index in [1.54, 1.807) is 0 Å². The minimum atomic E-state index is -0.319. The Bertz CT molecular complexity index is 322. The zero-order chi connectivity index (χ0) is 11.3. The molecule has 0 aromatic carbocycles. The van der Waals surface area contributed by atoms with Gasteiger partial charge in [-0.2, -0.15) is 0 Å². The van der Waals surface area contributed by atoms with E-state index in [2.05, 4.69) is 23.9 Å². The highest BCUT2D eigenvalue weighted by Gasteiger charge is 2.06. The van der Waals surface area contributed by atoms with Crippen LogP contribution in [0.2, 0.25) is 0 Å². The lowest BCUT2D eigenvalue weighted by Crippen LogP contribution is -2.15. The smallest absolute Gasteiger partial charge is 0.327 e. The predicted molar refractivity (Wildman–Crippen MR) is 54.8 cm³/mol. The largest absolute Gasteiger partial charge is 0.464 e. The molecule has 1 rings (SSSR count). The number of nitrogens with two attached hydrogens (primary N) is 1. The lowest BCUT2D eigenvalue weighted by molar-refractivity contribution is -0.144. The molecule has 15 heavy (non-hydrogen) atoms. The summed E-state index contributed by atoms with van der Waals surface area (Å²) in [6.07, 6.45) is 2.27. The van der Waals surface area contributed by atoms with Crippen LogP contribution in [0.1, 0.15) is 20.3 Å². The van der Waals surface area contributed by atoms with Gasteiger partial charge in [0, 0.05) is 0 Å². The van der Waals surface area contributed by atoms with E-state index in [0.29, 0.717) is 12.5 Å². The number of nitrogens with zero attached hydrogens (tertiary/aromatic N) is 3. The highest BCUT2D eigenvalue weighted by Crippen LogP contribution is 1.99. The fourth-order valence-corrected chi connectivity index (χ4v) is 0.972. The average Bonchev–Trinajstić information content (AvgIpc) is 2.50. The average molecular weight is 212 g/mol. The minimum absolute atomic E-state index is 0.0578. The van der Waals surface area contributed by atoms with Crippen molar-refractivity contribution in [3.05, 3.63) is 6.33 Å². The summed E-state index contributed by atoms with van der Waals surface area (Å²) >= 11 is 0. The van der Waals surface area contributed by atoms with Gasteiger partial charge in [-0.1, -0.05) is 13.8 Å². The van der Waals surface area contributed by atoms with Crippen LogP contribution in [0.5, 0.6) is 0 Å².